The molecule has 26 heavy (non-hydrogen) atoms. The average molecular weight is 369 g/mol. The molecule has 0 aliphatic carbocycles. The number of aromatic nitrogens is 1. The molecule has 0 unspecified atom stereocenters. The maximum absolute atomic E-state index is 12.7. The summed E-state index contributed by atoms with van der Waals surface area (Å²) in [6, 6.07) is 8.33. The van der Waals surface area contributed by atoms with Crippen LogP contribution in [0.1, 0.15) is 34.4 Å². The predicted octanol–water partition coefficient (Wildman–Crippen LogP) is 4.03. The third kappa shape index (κ3) is 3.09. The lowest BCUT2D eigenvalue weighted by Crippen LogP contribution is -2.48. The number of rotatable bonds is 3. The SMILES string of the molecule is CCc1ccc2nc(N3CCN(C(=O)c4cc(C)oc4C)CC3)sc2c1. The van der Waals surface area contributed by atoms with Gasteiger partial charge in [-0.05, 0) is 44.0 Å². The van der Waals surface area contributed by atoms with Crippen molar-refractivity contribution in [1.82, 2.24) is 9.88 Å². The average Bonchev–Trinajstić information content (AvgIpc) is 3.23. The number of hydrogen-bond acceptors (Lipinski definition) is 5. The molecule has 3 heterocycles. The van der Waals surface area contributed by atoms with Crippen molar-refractivity contribution in [3.05, 3.63) is 46.9 Å². The molecule has 0 bridgehead atoms. The predicted molar refractivity (Wildman–Crippen MR) is 105 cm³/mol. The first-order chi connectivity index (χ1) is 12.5. The lowest BCUT2D eigenvalue weighted by Gasteiger charge is -2.34. The summed E-state index contributed by atoms with van der Waals surface area (Å²) < 4.78 is 6.74. The van der Waals surface area contributed by atoms with Gasteiger partial charge in [-0.25, -0.2) is 4.98 Å². The Balaban J connectivity index is 1.46. The van der Waals surface area contributed by atoms with Gasteiger partial charge in [0.2, 0.25) is 0 Å². The van der Waals surface area contributed by atoms with Gasteiger partial charge in [0.25, 0.3) is 5.91 Å². The van der Waals surface area contributed by atoms with Gasteiger partial charge < -0.3 is 14.2 Å². The number of carbonyl (C=O) groups is 1. The molecular weight excluding hydrogens is 346 g/mol. The maximum Gasteiger partial charge on any atom is 0.257 e. The molecule has 2 aromatic heterocycles. The van der Waals surface area contributed by atoms with Crippen LogP contribution >= 0.6 is 11.3 Å². The van der Waals surface area contributed by atoms with E-state index in [1.165, 1.54) is 10.3 Å². The summed E-state index contributed by atoms with van der Waals surface area (Å²) in [6.07, 6.45) is 1.04. The van der Waals surface area contributed by atoms with Crippen molar-refractivity contribution < 1.29 is 9.21 Å². The Labute approximate surface area is 157 Å². The molecule has 1 amide bonds. The van der Waals surface area contributed by atoms with Gasteiger partial charge >= 0.3 is 0 Å². The Bertz CT molecular complexity index is 951. The summed E-state index contributed by atoms with van der Waals surface area (Å²) in [4.78, 5) is 21.7. The van der Waals surface area contributed by atoms with Crippen LogP contribution in [0.25, 0.3) is 10.2 Å². The van der Waals surface area contributed by atoms with Gasteiger partial charge in [0.05, 0.1) is 15.8 Å². The van der Waals surface area contributed by atoms with Gasteiger partial charge in [0.1, 0.15) is 11.5 Å². The second kappa shape index (κ2) is 6.76. The molecular formula is C20H23N3O2S. The number of thiazole rings is 1. The van der Waals surface area contributed by atoms with E-state index in [9.17, 15) is 4.79 Å². The van der Waals surface area contributed by atoms with Crippen molar-refractivity contribution in [3.8, 4) is 0 Å². The Morgan fingerprint density at radius 2 is 1.96 bits per heavy atom. The van der Waals surface area contributed by atoms with E-state index >= 15 is 0 Å². The maximum atomic E-state index is 12.7. The summed E-state index contributed by atoms with van der Waals surface area (Å²) in [7, 11) is 0. The Morgan fingerprint density at radius 3 is 2.62 bits per heavy atom. The van der Waals surface area contributed by atoms with Crippen molar-refractivity contribution in [1.29, 1.82) is 0 Å². The molecule has 6 heteroatoms. The summed E-state index contributed by atoms with van der Waals surface area (Å²) >= 11 is 1.74. The molecule has 1 fully saturated rings. The fourth-order valence-electron chi connectivity index (χ4n) is 3.43. The van der Waals surface area contributed by atoms with Crippen LogP contribution in [-0.4, -0.2) is 42.0 Å². The van der Waals surface area contributed by atoms with Crippen molar-refractivity contribution in [3.63, 3.8) is 0 Å². The molecule has 0 saturated carbocycles. The van der Waals surface area contributed by atoms with Gasteiger partial charge in [0, 0.05) is 26.2 Å². The molecule has 0 N–H and O–H groups in total. The Kier molecular flexibility index (Phi) is 4.44. The van der Waals surface area contributed by atoms with Crippen LogP contribution in [0.2, 0.25) is 0 Å². The first-order valence-corrected chi connectivity index (χ1v) is 9.87. The number of carbonyl (C=O) groups excluding carboxylic acids is 1. The summed E-state index contributed by atoms with van der Waals surface area (Å²) in [6.45, 7) is 8.92. The second-order valence-electron chi connectivity index (χ2n) is 6.76. The number of aryl methyl sites for hydroxylation is 3. The van der Waals surface area contributed by atoms with Crippen molar-refractivity contribution in [2.75, 3.05) is 31.1 Å². The van der Waals surface area contributed by atoms with Crippen LogP contribution in [0.4, 0.5) is 5.13 Å². The van der Waals surface area contributed by atoms with E-state index < -0.39 is 0 Å². The molecule has 1 aliphatic rings. The van der Waals surface area contributed by atoms with Crippen LogP contribution in [-0.2, 0) is 6.42 Å². The lowest BCUT2D eigenvalue weighted by molar-refractivity contribution is 0.0745. The minimum atomic E-state index is 0.0656. The minimum absolute atomic E-state index is 0.0656. The molecule has 1 aromatic carbocycles. The molecule has 1 saturated heterocycles. The quantitative estimate of drug-likeness (QED) is 0.699. The van der Waals surface area contributed by atoms with Gasteiger partial charge in [-0.1, -0.05) is 24.3 Å². The highest BCUT2D eigenvalue weighted by molar-refractivity contribution is 7.22. The Hall–Kier alpha value is -2.34. The molecule has 1 aliphatic heterocycles. The summed E-state index contributed by atoms with van der Waals surface area (Å²) in [5.74, 6) is 1.55. The van der Waals surface area contributed by atoms with E-state index in [0.29, 0.717) is 24.4 Å². The number of anilines is 1. The first kappa shape index (κ1) is 17.1. The number of hydrogen-bond donors (Lipinski definition) is 0. The monoisotopic (exact) mass is 369 g/mol. The van der Waals surface area contributed by atoms with E-state index in [4.69, 9.17) is 9.40 Å². The molecule has 5 nitrogen and oxygen atoms in total. The van der Waals surface area contributed by atoms with Gasteiger partial charge in [-0.3, -0.25) is 4.79 Å². The smallest absolute Gasteiger partial charge is 0.257 e. The van der Waals surface area contributed by atoms with Crippen LogP contribution in [0.15, 0.2) is 28.7 Å². The van der Waals surface area contributed by atoms with E-state index in [2.05, 4.69) is 30.0 Å². The molecule has 0 radical (unpaired) electrons. The summed E-state index contributed by atoms with van der Waals surface area (Å²) in [5.41, 5.74) is 3.09. The molecule has 136 valence electrons. The van der Waals surface area contributed by atoms with E-state index in [1.54, 1.807) is 11.3 Å². The Morgan fingerprint density at radius 1 is 1.19 bits per heavy atom. The third-order valence-electron chi connectivity index (χ3n) is 4.96. The van der Waals surface area contributed by atoms with Gasteiger partial charge in [-0.2, -0.15) is 0 Å². The molecule has 3 aromatic rings. The van der Waals surface area contributed by atoms with Crippen LogP contribution < -0.4 is 4.90 Å². The highest BCUT2D eigenvalue weighted by Gasteiger charge is 2.26. The number of furan rings is 1. The van der Waals surface area contributed by atoms with Crippen molar-refractivity contribution >= 4 is 32.6 Å². The topological polar surface area (TPSA) is 49.6 Å². The fourth-order valence-corrected chi connectivity index (χ4v) is 4.51. The zero-order chi connectivity index (χ0) is 18.3. The first-order valence-electron chi connectivity index (χ1n) is 9.06. The standard InChI is InChI=1S/C20H23N3O2S/c1-4-15-5-6-17-18(12-15)26-20(21-17)23-9-7-22(8-10-23)19(24)16-11-13(2)25-14(16)3/h5-6,11-12H,4,7-10H2,1-3H3. The second-order valence-corrected chi connectivity index (χ2v) is 7.77. The van der Waals surface area contributed by atoms with E-state index in [-0.39, 0.29) is 5.91 Å². The number of amides is 1. The van der Waals surface area contributed by atoms with Gasteiger partial charge in [-0.15, -0.1) is 0 Å². The number of benzene rings is 1. The largest absolute Gasteiger partial charge is 0.466 e. The highest BCUT2D eigenvalue weighted by atomic mass is 32.1. The minimum Gasteiger partial charge on any atom is -0.466 e. The molecule has 0 atom stereocenters. The van der Waals surface area contributed by atoms with Crippen molar-refractivity contribution in [2.45, 2.75) is 27.2 Å². The van der Waals surface area contributed by atoms with Gasteiger partial charge in [0.15, 0.2) is 5.13 Å². The fraction of sp³-hybridized carbons (Fsp3) is 0.400. The van der Waals surface area contributed by atoms with Crippen molar-refractivity contribution in [2.24, 2.45) is 0 Å². The highest BCUT2D eigenvalue weighted by Crippen LogP contribution is 2.30. The number of nitrogens with zero attached hydrogens (tertiary/aromatic N) is 3. The zero-order valence-corrected chi connectivity index (χ0v) is 16.2. The van der Waals surface area contributed by atoms with Crippen LogP contribution in [0.3, 0.4) is 0 Å². The van der Waals surface area contributed by atoms with Crippen LogP contribution in [0.5, 0.6) is 0 Å². The number of piperazine rings is 1. The summed E-state index contributed by atoms with van der Waals surface area (Å²) in [5, 5.41) is 1.05. The van der Waals surface area contributed by atoms with Crippen LogP contribution in [0, 0.1) is 13.8 Å². The lowest BCUT2D eigenvalue weighted by atomic mass is 10.2. The normalized spacial score (nSPS) is 15.0. The molecule has 0 spiro atoms. The number of fused-ring (bicyclic) bond motifs is 1. The van der Waals surface area contributed by atoms with E-state index in [1.807, 2.05) is 24.8 Å². The third-order valence-corrected chi connectivity index (χ3v) is 6.04. The zero-order valence-electron chi connectivity index (χ0n) is 15.4. The molecule has 4 rings (SSSR count). The van der Waals surface area contributed by atoms with E-state index in [0.717, 1.165) is 35.9 Å².